The van der Waals surface area contributed by atoms with E-state index >= 15 is 0 Å². The van der Waals surface area contributed by atoms with Gasteiger partial charge in [-0.3, -0.25) is 9.36 Å². The number of fused-ring (bicyclic) bond motifs is 1. The molecule has 0 atom stereocenters. The third-order valence-electron chi connectivity index (χ3n) is 3.43. The van der Waals surface area contributed by atoms with Crippen molar-refractivity contribution in [3.05, 3.63) is 47.9 Å². The molecule has 0 aliphatic rings. The summed E-state index contributed by atoms with van der Waals surface area (Å²) in [6.07, 6.45) is 2.73. The minimum absolute atomic E-state index is 0.471. The number of hydrogen-bond acceptors (Lipinski definition) is 3. The topological polar surface area (TPSA) is 61.7 Å². The van der Waals surface area contributed by atoms with Crippen molar-refractivity contribution in [3.8, 4) is 0 Å². The standard InChI is InChI=1S/C14H17N5/c1-18-11(6-8-16-18)7-9-19-14-5-3-2-4-12(14)13(10-15)17-19/h2-6,8H,7,9-10,15H2,1H3. The molecular formula is C14H17N5. The summed E-state index contributed by atoms with van der Waals surface area (Å²) >= 11 is 0. The molecule has 0 saturated heterocycles. The van der Waals surface area contributed by atoms with Gasteiger partial charge in [-0.25, -0.2) is 0 Å². The Bertz CT molecular complexity index is 695. The van der Waals surface area contributed by atoms with Crippen molar-refractivity contribution >= 4 is 10.9 Å². The molecule has 0 unspecified atom stereocenters. The second kappa shape index (κ2) is 4.85. The normalized spacial score (nSPS) is 11.3. The van der Waals surface area contributed by atoms with Crippen molar-refractivity contribution in [1.29, 1.82) is 0 Å². The maximum atomic E-state index is 5.75. The molecule has 3 aromatic rings. The van der Waals surface area contributed by atoms with Crippen LogP contribution in [-0.4, -0.2) is 19.6 Å². The van der Waals surface area contributed by atoms with Gasteiger partial charge in [0, 0.05) is 43.8 Å². The molecule has 5 heteroatoms. The van der Waals surface area contributed by atoms with Crippen LogP contribution in [0.4, 0.5) is 0 Å². The molecule has 98 valence electrons. The fraction of sp³-hybridized carbons (Fsp3) is 0.286. The summed E-state index contributed by atoms with van der Waals surface area (Å²) in [6.45, 7) is 1.30. The van der Waals surface area contributed by atoms with E-state index in [0.29, 0.717) is 6.54 Å². The third-order valence-corrected chi connectivity index (χ3v) is 3.43. The van der Waals surface area contributed by atoms with E-state index in [9.17, 15) is 0 Å². The van der Waals surface area contributed by atoms with Crippen LogP contribution in [-0.2, 0) is 26.6 Å². The zero-order valence-electron chi connectivity index (χ0n) is 11.0. The van der Waals surface area contributed by atoms with Gasteiger partial charge >= 0.3 is 0 Å². The fourth-order valence-electron chi connectivity index (χ4n) is 2.38. The van der Waals surface area contributed by atoms with Gasteiger partial charge in [-0.15, -0.1) is 0 Å². The number of para-hydroxylation sites is 1. The first-order chi connectivity index (χ1) is 9.29. The Balaban J connectivity index is 1.91. The van der Waals surface area contributed by atoms with Crippen LogP contribution in [0.25, 0.3) is 10.9 Å². The van der Waals surface area contributed by atoms with Gasteiger partial charge < -0.3 is 5.73 Å². The molecule has 5 nitrogen and oxygen atoms in total. The lowest BCUT2D eigenvalue weighted by Crippen LogP contribution is -2.07. The van der Waals surface area contributed by atoms with Crippen molar-refractivity contribution in [1.82, 2.24) is 19.6 Å². The highest BCUT2D eigenvalue weighted by Crippen LogP contribution is 2.18. The van der Waals surface area contributed by atoms with Crippen LogP contribution in [0.5, 0.6) is 0 Å². The molecule has 0 radical (unpaired) electrons. The average Bonchev–Trinajstić information content (AvgIpc) is 3.00. The molecule has 0 spiro atoms. The van der Waals surface area contributed by atoms with Crippen LogP contribution in [0.2, 0.25) is 0 Å². The van der Waals surface area contributed by atoms with Gasteiger partial charge in [0.2, 0.25) is 0 Å². The molecule has 0 amide bonds. The Morgan fingerprint density at radius 2 is 2.05 bits per heavy atom. The average molecular weight is 255 g/mol. The third kappa shape index (κ3) is 2.13. The van der Waals surface area contributed by atoms with Crippen LogP contribution in [0.3, 0.4) is 0 Å². The zero-order chi connectivity index (χ0) is 13.2. The first-order valence-electron chi connectivity index (χ1n) is 6.41. The summed E-state index contributed by atoms with van der Waals surface area (Å²) in [4.78, 5) is 0. The van der Waals surface area contributed by atoms with Gasteiger partial charge in [-0.2, -0.15) is 10.2 Å². The molecule has 2 heterocycles. The second-order valence-electron chi connectivity index (χ2n) is 4.59. The first-order valence-corrected chi connectivity index (χ1v) is 6.41. The van der Waals surface area contributed by atoms with E-state index in [4.69, 9.17) is 5.73 Å². The number of aryl methyl sites for hydroxylation is 3. The van der Waals surface area contributed by atoms with Crippen LogP contribution in [0, 0.1) is 0 Å². The minimum Gasteiger partial charge on any atom is -0.325 e. The molecule has 0 saturated carbocycles. The highest BCUT2D eigenvalue weighted by atomic mass is 15.3. The van der Waals surface area contributed by atoms with Gasteiger partial charge in [-0.05, 0) is 12.1 Å². The fourth-order valence-corrected chi connectivity index (χ4v) is 2.38. The molecule has 0 fully saturated rings. The van der Waals surface area contributed by atoms with E-state index in [0.717, 1.165) is 29.6 Å². The van der Waals surface area contributed by atoms with Crippen LogP contribution in [0.15, 0.2) is 36.5 Å². The van der Waals surface area contributed by atoms with E-state index in [2.05, 4.69) is 22.3 Å². The van der Waals surface area contributed by atoms with E-state index in [-0.39, 0.29) is 0 Å². The minimum atomic E-state index is 0.471. The molecule has 0 bridgehead atoms. The summed E-state index contributed by atoms with van der Waals surface area (Å²) in [6, 6.07) is 10.3. The summed E-state index contributed by atoms with van der Waals surface area (Å²) in [5, 5.41) is 9.93. The molecule has 2 N–H and O–H groups in total. The maximum absolute atomic E-state index is 5.75. The first kappa shape index (κ1) is 11.9. The lowest BCUT2D eigenvalue weighted by Gasteiger charge is -2.04. The Kier molecular flexibility index (Phi) is 3.05. The van der Waals surface area contributed by atoms with E-state index in [1.165, 1.54) is 5.69 Å². The van der Waals surface area contributed by atoms with Crippen molar-refractivity contribution < 1.29 is 0 Å². The highest BCUT2D eigenvalue weighted by Gasteiger charge is 2.09. The van der Waals surface area contributed by atoms with Crippen LogP contribution >= 0.6 is 0 Å². The van der Waals surface area contributed by atoms with Gasteiger partial charge in [0.25, 0.3) is 0 Å². The molecule has 0 aliphatic carbocycles. The number of aromatic nitrogens is 4. The van der Waals surface area contributed by atoms with E-state index in [1.54, 1.807) is 0 Å². The Labute approximate surface area is 111 Å². The Hall–Kier alpha value is -2.14. The Morgan fingerprint density at radius 1 is 1.21 bits per heavy atom. The molecule has 1 aromatic carbocycles. The number of nitrogens with two attached hydrogens (primary N) is 1. The Morgan fingerprint density at radius 3 is 2.79 bits per heavy atom. The lowest BCUT2D eigenvalue weighted by atomic mass is 10.2. The van der Waals surface area contributed by atoms with Gasteiger partial charge in [0.05, 0.1) is 11.2 Å². The molecular weight excluding hydrogens is 238 g/mol. The van der Waals surface area contributed by atoms with E-state index < -0.39 is 0 Å². The second-order valence-corrected chi connectivity index (χ2v) is 4.59. The molecule has 2 aromatic heterocycles. The predicted molar refractivity (Wildman–Crippen MR) is 74.5 cm³/mol. The van der Waals surface area contributed by atoms with Crippen molar-refractivity contribution in [2.24, 2.45) is 12.8 Å². The molecule has 0 aliphatic heterocycles. The monoisotopic (exact) mass is 255 g/mol. The number of hydrogen-bond donors (Lipinski definition) is 1. The summed E-state index contributed by atoms with van der Waals surface area (Å²) < 4.78 is 3.93. The summed E-state index contributed by atoms with van der Waals surface area (Å²) in [5.41, 5.74) is 9.06. The van der Waals surface area contributed by atoms with Crippen LogP contribution in [0.1, 0.15) is 11.4 Å². The van der Waals surface area contributed by atoms with Gasteiger partial charge in [0.15, 0.2) is 0 Å². The quantitative estimate of drug-likeness (QED) is 0.768. The smallest absolute Gasteiger partial charge is 0.0838 e. The zero-order valence-corrected chi connectivity index (χ0v) is 11.0. The van der Waals surface area contributed by atoms with Crippen molar-refractivity contribution in [2.45, 2.75) is 19.5 Å². The highest BCUT2D eigenvalue weighted by molar-refractivity contribution is 5.81. The van der Waals surface area contributed by atoms with Gasteiger partial charge in [0.1, 0.15) is 0 Å². The lowest BCUT2D eigenvalue weighted by molar-refractivity contribution is 0.594. The predicted octanol–water partition coefficient (Wildman–Crippen LogP) is 1.47. The summed E-state index contributed by atoms with van der Waals surface area (Å²) in [5.74, 6) is 0. The van der Waals surface area contributed by atoms with E-state index in [1.807, 2.05) is 40.8 Å². The van der Waals surface area contributed by atoms with Crippen molar-refractivity contribution in [2.75, 3.05) is 0 Å². The number of rotatable bonds is 4. The molecule has 3 rings (SSSR count). The number of nitrogens with zero attached hydrogens (tertiary/aromatic N) is 4. The SMILES string of the molecule is Cn1nccc1CCn1nc(CN)c2ccccc21. The van der Waals surface area contributed by atoms with Gasteiger partial charge in [-0.1, -0.05) is 18.2 Å². The number of benzene rings is 1. The van der Waals surface area contributed by atoms with Crippen molar-refractivity contribution in [3.63, 3.8) is 0 Å². The molecule has 19 heavy (non-hydrogen) atoms. The van der Waals surface area contributed by atoms with Crippen LogP contribution < -0.4 is 5.73 Å². The summed E-state index contributed by atoms with van der Waals surface area (Å²) in [7, 11) is 1.96. The maximum Gasteiger partial charge on any atom is 0.0838 e. The largest absolute Gasteiger partial charge is 0.325 e.